The van der Waals surface area contributed by atoms with Gasteiger partial charge in [0.15, 0.2) is 0 Å². The largest absolute Gasteiger partial charge is 0.508 e. The molecule has 2 N–H and O–H groups in total. The average molecular weight is 451 g/mol. The highest BCUT2D eigenvalue weighted by atomic mass is 19.4. The summed E-state index contributed by atoms with van der Waals surface area (Å²) >= 11 is 0. The van der Waals surface area contributed by atoms with Crippen LogP contribution >= 0.6 is 0 Å². The Morgan fingerprint density at radius 3 is 0.938 bits per heavy atom. The van der Waals surface area contributed by atoms with Crippen LogP contribution in [0.3, 0.4) is 0 Å². The zero-order chi connectivity index (χ0) is 24.8. The summed E-state index contributed by atoms with van der Waals surface area (Å²) in [6.45, 7) is 16.1. The van der Waals surface area contributed by atoms with E-state index in [2.05, 4.69) is 0 Å². The highest BCUT2D eigenvalue weighted by Crippen LogP contribution is 2.55. The first kappa shape index (κ1) is 26.1. The molecule has 0 spiro atoms. The van der Waals surface area contributed by atoms with Crippen LogP contribution in [0.1, 0.15) is 119 Å². The van der Waals surface area contributed by atoms with Crippen molar-refractivity contribution in [2.24, 2.45) is 0 Å². The van der Waals surface area contributed by atoms with E-state index in [1.54, 1.807) is 0 Å². The van der Waals surface area contributed by atoms with Gasteiger partial charge in [0.2, 0.25) is 0 Å². The molecule has 32 heavy (non-hydrogen) atoms. The molecule has 0 saturated carbocycles. The van der Waals surface area contributed by atoms with Crippen molar-refractivity contribution in [3.8, 4) is 11.5 Å². The van der Waals surface area contributed by atoms with Gasteiger partial charge in [0.05, 0.1) is 0 Å². The second-order valence-corrected chi connectivity index (χ2v) is 10.2. The third kappa shape index (κ3) is 4.49. The molecule has 0 radical (unpaired) electrons. The lowest BCUT2D eigenvalue weighted by Gasteiger charge is -2.41. The molecular weight excluding hydrogens is 413 g/mol. The van der Waals surface area contributed by atoms with Gasteiger partial charge in [-0.05, 0) is 88.2 Å². The molecule has 0 atom stereocenters. The zero-order valence-corrected chi connectivity index (χ0v) is 20.6. The van der Waals surface area contributed by atoms with Crippen molar-refractivity contribution in [1.29, 1.82) is 0 Å². The van der Waals surface area contributed by atoms with Gasteiger partial charge in [-0.25, -0.2) is 0 Å². The molecule has 5 heteroatoms. The van der Waals surface area contributed by atoms with Crippen molar-refractivity contribution in [3.63, 3.8) is 0 Å². The average Bonchev–Trinajstić information content (AvgIpc) is 2.64. The van der Waals surface area contributed by atoms with Crippen LogP contribution in [0.2, 0.25) is 0 Å². The molecule has 0 aromatic heterocycles. The number of aromatic hydroxyl groups is 2. The monoisotopic (exact) mass is 450 g/mol. The standard InChI is InChI=1S/C27H37F3O2/c1-14(2)20-10-18(31)11-21(15(3)4)24(20)26(9,27(28,29)30)25-22(16(5)6)12-19(32)13-23(25)17(7)8/h10-17,31-32H,1-9H3. The van der Waals surface area contributed by atoms with Crippen molar-refractivity contribution in [3.05, 3.63) is 57.6 Å². The molecule has 0 amide bonds. The number of halogens is 3. The quantitative estimate of drug-likeness (QED) is 0.463. The van der Waals surface area contributed by atoms with Gasteiger partial charge in [0, 0.05) is 0 Å². The van der Waals surface area contributed by atoms with Crippen molar-refractivity contribution in [2.75, 3.05) is 0 Å². The van der Waals surface area contributed by atoms with E-state index in [-0.39, 0.29) is 46.3 Å². The van der Waals surface area contributed by atoms with E-state index in [0.717, 1.165) is 0 Å². The molecule has 2 aromatic rings. The van der Waals surface area contributed by atoms with Gasteiger partial charge in [-0.15, -0.1) is 0 Å². The van der Waals surface area contributed by atoms with Gasteiger partial charge < -0.3 is 10.2 Å². The van der Waals surface area contributed by atoms with Gasteiger partial charge in [-0.3, -0.25) is 0 Å². The maximum absolute atomic E-state index is 15.3. The number of hydrogen-bond donors (Lipinski definition) is 2. The van der Waals surface area contributed by atoms with Crippen LogP contribution in [0.25, 0.3) is 0 Å². The minimum Gasteiger partial charge on any atom is -0.508 e. The van der Waals surface area contributed by atoms with Crippen LogP contribution < -0.4 is 0 Å². The van der Waals surface area contributed by atoms with Crippen LogP contribution in [0.5, 0.6) is 11.5 Å². The fraction of sp³-hybridized carbons (Fsp3) is 0.556. The maximum atomic E-state index is 15.3. The summed E-state index contributed by atoms with van der Waals surface area (Å²) in [7, 11) is 0. The first-order valence-corrected chi connectivity index (χ1v) is 11.3. The van der Waals surface area contributed by atoms with E-state index in [0.29, 0.717) is 22.3 Å². The first-order valence-electron chi connectivity index (χ1n) is 11.3. The Labute approximate surface area is 190 Å². The van der Waals surface area contributed by atoms with Gasteiger partial charge in [0.25, 0.3) is 0 Å². The molecule has 0 saturated heterocycles. The number of phenols is 2. The van der Waals surface area contributed by atoms with Crippen molar-refractivity contribution in [1.82, 2.24) is 0 Å². The third-order valence-corrected chi connectivity index (χ3v) is 6.42. The van der Waals surface area contributed by atoms with E-state index >= 15 is 13.2 Å². The summed E-state index contributed by atoms with van der Waals surface area (Å²) in [6.07, 6.45) is -4.61. The summed E-state index contributed by atoms with van der Waals surface area (Å²) in [4.78, 5) is 0. The molecule has 178 valence electrons. The van der Waals surface area contributed by atoms with Crippen molar-refractivity contribution >= 4 is 0 Å². The molecule has 0 heterocycles. The second-order valence-electron chi connectivity index (χ2n) is 10.2. The Balaban J connectivity index is 3.24. The number of benzene rings is 2. The molecular formula is C27H37F3O2. The van der Waals surface area contributed by atoms with Gasteiger partial charge in [0.1, 0.15) is 16.9 Å². The number of phenolic OH excluding ortho intramolecular Hbond substituents is 2. The zero-order valence-electron chi connectivity index (χ0n) is 20.6. The molecule has 0 fully saturated rings. The Kier molecular flexibility index (Phi) is 7.33. The maximum Gasteiger partial charge on any atom is 0.402 e. The highest BCUT2D eigenvalue weighted by molar-refractivity contribution is 5.59. The Morgan fingerprint density at radius 2 is 0.781 bits per heavy atom. The minimum absolute atomic E-state index is 0.0236. The first-order chi connectivity index (χ1) is 14.5. The fourth-order valence-corrected chi connectivity index (χ4v) is 4.73. The molecule has 0 bridgehead atoms. The third-order valence-electron chi connectivity index (χ3n) is 6.42. The molecule has 0 aliphatic rings. The Hall–Kier alpha value is -2.17. The lowest BCUT2D eigenvalue weighted by molar-refractivity contribution is -0.174. The lowest BCUT2D eigenvalue weighted by atomic mass is 9.64. The van der Waals surface area contributed by atoms with Gasteiger partial charge in [-0.2, -0.15) is 13.2 Å². The predicted molar refractivity (Wildman–Crippen MR) is 125 cm³/mol. The molecule has 2 aromatic carbocycles. The predicted octanol–water partition coefficient (Wildman–Crippen LogP) is 8.46. The number of alkyl halides is 3. The lowest BCUT2D eigenvalue weighted by Crippen LogP contribution is -2.44. The topological polar surface area (TPSA) is 40.5 Å². The van der Waals surface area contributed by atoms with E-state index < -0.39 is 11.6 Å². The molecule has 0 aliphatic carbocycles. The summed E-state index contributed by atoms with van der Waals surface area (Å²) < 4.78 is 46.0. The van der Waals surface area contributed by atoms with E-state index in [1.165, 1.54) is 31.2 Å². The smallest absolute Gasteiger partial charge is 0.402 e. The Bertz CT molecular complexity index is 842. The number of hydrogen-bond acceptors (Lipinski definition) is 2. The second kappa shape index (κ2) is 8.99. The van der Waals surface area contributed by atoms with E-state index in [9.17, 15) is 10.2 Å². The van der Waals surface area contributed by atoms with E-state index in [4.69, 9.17) is 0 Å². The van der Waals surface area contributed by atoms with Crippen LogP contribution in [0.4, 0.5) is 13.2 Å². The van der Waals surface area contributed by atoms with Crippen molar-refractivity contribution < 1.29 is 23.4 Å². The molecule has 0 unspecified atom stereocenters. The molecule has 2 nitrogen and oxygen atoms in total. The highest BCUT2D eigenvalue weighted by Gasteiger charge is 2.57. The van der Waals surface area contributed by atoms with Gasteiger partial charge in [-0.1, -0.05) is 55.4 Å². The molecule has 2 rings (SSSR count). The van der Waals surface area contributed by atoms with Crippen molar-refractivity contribution in [2.45, 2.75) is 97.6 Å². The summed E-state index contributed by atoms with van der Waals surface area (Å²) in [6, 6.07) is 5.89. The summed E-state index contributed by atoms with van der Waals surface area (Å²) in [5.41, 5.74) is 0.0610. The summed E-state index contributed by atoms with van der Waals surface area (Å²) in [5, 5.41) is 20.7. The summed E-state index contributed by atoms with van der Waals surface area (Å²) in [5.74, 6) is -0.942. The minimum atomic E-state index is -4.61. The fourth-order valence-electron chi connectivity index (χ4n) is 4.73. The van der Waals surface area contributed by atoms with Crippen LogP contribution in [-0.4, -0.2) is 16.4 Å². The molecule has 0 aliphatic heterocycles. The number of rotatable bonds is 6. The van der Waals surface area contributed by atoms with Crippen LogP contribution in [-0.2, 0) is 5.41 Å². The van der Waals surface area contributed by atoms with Gasteiger partial charge >= 0.3 is 6.18 Å². The van der Waals surface area contributed by atoms with Crippen LogP contribution in [0.15, 0.2) is 24.3 Å². The van der Waals surface area contributed by atoms with Crippen LogP contribution in [0, 0.1) is 0 Å². The Morgan fingerprint density at radius 1 is 0.562 bits per heavy atom. The SMILES string of the molecule is CC(C)c1cc(O)cc(C(C)C)c1C(C)(c1c(C(C)C)cc(O)cc1C(C)C)C(F)(F)F. The normalized spacial score (nSPS) is 13.1. The van der Waals surface area contributed by atoms with E-state index in [1.807, 2.05) is 55.4 Å².